The SMILES string of the molecule is Cc1ccncc1C=S. The molecule has 0 aromatic carbocycles. The lowest BCUT2D eigenvalue weighted by molar-refractivity contribution is 1.28. The Morgan fingerprint density at radius 3 is 2.89 bits per heavy atom. The van der Waals surface area contributed by atoms with E-state index in [1.54, 1.807) is 17.8 Å². The van der Waals surface area contributed by atoms with Crippen molar-refractivity contribution in [2.24, 2.45) is 0 Å². The molecule has 0 fully saturated rings. The van der Waals surface area contributed by atoms with E-state index >= 15 is 0 Å². The van der Waals surface area contributed by atoms with Gasteiger partial charge in [0.05, 0.1) is 0 Å². The first-order valence-electron chi connectivity index (χ1n) is 2.70. The van der Waals surface area contributed by atoms with Gasteiger partial charge in [-0.25, -0.2) is 0 Å². The molecule has 0 N–H and O–H groups in total. The molecule has 1 rings (SSSR count). The predicted molar refractivity (Wildman–Crippen MR) is 41.7 cm³/mol. The zero-order chi connectivity index (χ0) is 6.69. The second-order valence-electron chi connectivity index (χ2n) is 1.85. The van der Waals surface area contributed by atoms with Gasteiger partial charge in [0.15, 0.2) is 0 Å². The summed E-state index contributed by atoms with van der Waals surface area (Å²) in [6, 6.07) is 1.94. The Hall–Kier alpha value is -0.760. The fourth-order valence-corrected chi connectivity index (χ4v) is 0.846. The molecule has 1 aromatic rings. The van der Waals surface area contributed by atoms with Gasteiger partial charge in [0.1, 0.15) is 0 Å². The van der Waals surface area contributed by atoms with E-state index in [4.69, 9.17) is 12.2 Å². The average molecular weight is 137 g/mol. The molecule has 1 nitrogen and oxygen atoms in total. The van der Waals surface area contributed by atoms with Crippen LogP contribution in [0, 0.1) is 6.92 Å². The summed E-state index contributed by atoms with van der Waals surface area (Å²) >= 11 is 4.74. The maximum Gasteiger partial charge on any atom is 0.0351 e. The van der Waals surface area contributed by atoms with E-state index in [0.717, 1.165) is 5.56 Å². The third-order valence-electron chi connectivity index (χ3n) is 1.21. The maximum atomic E-state index is 4.74. The van der Waals surface area contributed by atoms with Crippen LogP contribution in [0.5, 0.6) is 0 Å². The maximum absolute atomic E-state index is 4.74. The van der Waals surface area contributed by atoms with Gasteiger partial charge < -0.3 is 0 Å². The quantitative estimate of drug-likeness (QED) is 0.547. The molecule has 1 heterocycles. The largest absolute Gasteiger partial charge is 0.264 e. The monoisotopic (exact) mass is 137 g/mol. The molecule has 0 aliphatic rings. The minimum atomic E-state index is 1.03. The number of aryl methyl sites for hydroxylation is 1. The smallest absolute Gasteiger partial charge is 0.0351 e. The van der Waals surface area contributed by atoms with Crippen LogP contribution in [0.4, 0.5) is 0 Å². The first-order valence-corrected chi connectivity index (χ1v) is 3.17. The lowest BCUT2D eigenvalue weighted by Crippen LogP contribution is -1.84. The molecule has 0 radical (unpaired) electrons. The summed E-state index contributed by atoms with van der Waals surface area (Å²) in [4.78, 5) is 3.92. The average Bonchev–Trinajstić information content (AvgIpc) is 1.89. The van der Waals surface area contributed by atoms with Crippen LogP contribution in [-0.4, -0.2) is 10.4 Å². The van der Waals surface area contributed by atoms with Crippen molar-refractivity contribution in [3.63, 3.8) is 0 Å². The molecule has 1 aromatic heterocycles. The van der Waals surface area contributed by atoms with Gasteiger partial charge in [0, 0.05) is 23.3 Å². The second kappa shape index (κ2) is 2.69. The topological polar surface area (TPSA) is 12.9 Å². The van der Waals surface area contributed by atoms with Crippen LogP contribution in [0.3, 0.4) is 0 Å². The summed E-state index contributed by atoms with van der Waals surface area (Å²) in [5.74, 6) is 0. The highest BCUT2D eigenvalue weighted by Gasteiger charge is 1.88. The van der Waals surface area contributed by atoms with Crippen molar-refractivity contribution < 1.29 is 0 Å². The van der Waals surface area contributed by atoms with Crippen molar-refractivity contribution in [2.45, 2.75) is 6.92 Å². The number of pyridine rings is 1. The van der Waals surface area contributed by atoms with Crippen LogP contribution in [0.25, 0.3) is 0 Å². The number of hydrogen-bond donors (Lipinski definition) is 0. The van der Waals surface area contributed by atoms with E-state index in [-0.39, 0.29) is 0 Å². The second-order valence-corrected chi connectivity index (χ2v) is 2.09. The highest BCUT2D eigenvalue weighted by atomic mass is 32.1. The molecule has 0 aliphatic heterocycles. The van der Waals surface area contributed by atoms with E-state index in [2.05, 4.69) is 4.98 Å². The molecule has 0 atom stereocenters. The molecule has 0 amide bonds. The first kappa shape index (κ1) is 6.36. The zero-order valence-corrected chi connectivity index (χ0v) is 5.98. The molecule has 0 bridgehead atoms. The summed E-state index contributed by atoms with van der Waals surface area (Å²) in [5.41, 5.74) is 2.22. The number of aromatic nitrogens is 1. The highest BCUT2D eigenvalue weighted by molar-refractivity contribution is 7.79. The Morgan fingerprint density at radius 1 is 1.67 bits per heavy atom. The molecule has 46 valence electrons. The number of hydrogen-bond acceptors (Lipinski definition) is 2. The standard InChI is InChI=1S/C7H7NS/c1-6-2-3-8-4-7(6)5-9/h2-5H,1H3. The van der Waals surface area contributed by atoms with E-state index in [9.17, 15) is 0 Å². The Bertz CT molecular complexity index is 220. The van der Waals surface area contributed by atoms with Crippen LogP contribution >= 0.6 is 12.2 Å². The molecular formula is C7H7NS. The minimum Gasteiger partial charge on any atom is -0.264 e. The summed E-state index contributed by atoms with van der Waals surface area (Å²) < 4.78 is 0. The molecule has 0 saturated carbocycles. The highest BCUT2D eigenvalue weighted by Crippen LogP contribution is 2.00. The minimum absolute atomic E-state index is 1.03. The zero-order valence-electron chi connectivity index (χ0n) is 5.16. The van der Waals surface area contributed by atoms with Crippen molar-refractivity contribution >= 4 is 17.6 Å². The lowest BCUT2D eigenvalue weighted by Gasteiger charge is -1.93. The van der Waals surface area contributed by atoms with Gasteiger partial charge in [0.2, 0.25) is 0 Å². The molecule has 0 saturated heterocycles. The van der Waals surface area contributed by atoms with Gasteiger partial charge in [-0.2, -0.15) is 0 Å². The molecule has 0 spiro atoms. The Morgan fingerprint density at radius 2 is 2.44 bits per heavy atom. The van der Waals surface area contributed by atoms with Crippen molar-refractivity contribution in [2.75, 3.05) is 0 Å². The molecule has 0 aliphatic carbocycles. The van der Waals surface area contributed by atoms with Crippen molar-refractivity contribution in [3.8, 4) is 0 Å². The normalized spacial score (nSPS) is 9.00. The number of rotatable bonds is 1. The van der Waals surface area contributed by atoms with Gasteiger partial charge in [-0.15, -0.1) is 0 Å². The van der Waals surface area contributed by atoms with Crippen LogP contribution in [0.2, 0.25) is 0 Å². The molecular weight excluding hydrogens is 130 g/mol. The molecule has 0 unspecified atom stereocenters. The summed E-state index contributed by atoms with van der Waals surface area (Å²) in [7, 11) is 0. The van der Waals surface area contributed by atoms with Crippen molar-refractivity contribution in [1.82, 2.24) is 4.98 Å². The van der Waals surface area contributed by atoms with Crippen LogP contribution < -0.4 is 0 Å². The van der Waals surface area contributed by atoms with Gasteiger partial charge >= 0.3 is 0 Å². The van der Waals surface area contributed by atoms with Gasteiger partial charge in [0.25, 0.3) is 0 Å². The number of nitrogens with zero attached hydrogens (tertiary/aromatic N) is 1. The van der Waals surface area contributed by atoms with Crippen molar-refractivity contribution in [1.29, 1.82) is 0 Å². The summed E-state index contributed by atoms with van der Waals surface area (Å²) in [6.45, 7) is 2.01. The first-order chi connectivity index (χ1) is 4.34. The Balaban J connectivity index is 3.15. The lowest BCUT2D eigenvalue weighted by atomic mass is 10.2. The van der Waals surface area contributed by atoms with Gasteiger partial charge in [-0.1, -0.05) is 12.2 Å². The summed E-state index contributed by atoms with van der Waals surface area (Å²) in [6.07, 6.45) is 3.53. The van der Waals surface area contributed by atoms with Crippen LogP contribution in [0.15, 0.2) is 18.5 Å². The Labute approximate surface area is 59.7 Å². The fourth-order valence-electron chi connectivity index (χ4n) is 0.600. The van der Waals surface area contributed by atoms with Gasteiger partial charge in [-0.3, -0.25) is 4.98 Å². The van der Waals surface area contributed by atoms with E-state index in [1.807, 2.05) is 13.0 Å². The van der Waals surface area contributed by atoms with E-state index in [0.29, 0.717) is 0 Å². The van der Waals surface area contributed by atoms with Crippen LogP contribution in [0.1, 0.15) is 11.1 Å². The van der Waals surface area contributed by atoms with Crippen molar-refractivity contribution in [3.05, 3.63) is 29.6 Å². The molecule has 2 heteroatoms. The Kier molecular flexibility index (Phi) is 1.90. The third-order valence-corrected chi connectivity index (χ3v) is 1.46. The summed E-state index contributed by atoms with van der Waals surface area (Å²) in [5, 5.41) is 1.64. The van der Waals surface area contributed by atoms with E-state index in [1.165, 1.54) is 5.56 Å². The predicted octanol–water partition coefficient (Wildman–Crippen LogP) is 1.74. The third kappa shape index (κ3) is 1.33. The fraction of sp³-hybridized carbons (Fsp3) is 0.143. The van der Waals surface area contributed by atoms with Gasteiger partial charge in [-0.05, 0) is 18.6 Å². The van der Waals surface area contributed by atoms with E-state index < -0.39 is 0 Å². The molecule has 9 heavy (non-hydrogen) atoms. The number of thiocarbonyl (C=S) groups is 1. The van der Waals surface area contributed by atoms with Crippen LogP contribution in [-0.2, 0) is 0 Å².